The van der Waals surface area contributed by atoms with Gasteiger partial charge < -0.3 is 30.3 Å². The van der Waals surface area contributed by atoms with Gasteiger partial charge in [0.2, 0.25) is 6.29 Å². The summed E-state index contributed by atoms with van der Waals surface area (Å²) in [5.41, 5.74) is 0. The van der Waals surface area contributed by atoms with Crippen LogP contribution in [-0.4, -0.2) is 50.6 Å². The van der Waals surface area contributed by atoms with Crippen molar-refractivity contribution in [3.63, 3.8) is 0 Å². The first kappa shape index (κ1) is 18.5. The van der Waals surface area contributed by atoms with Crippen molar-refractivity contribution in [2.45, 2.75) is 52.6 Å². The van der Waals surface area contributed by atoms with Crippen molar-refractivity contribution in [3.8, 4) is 0 Å². The lowest BCUT2D eigenvalue weighted by molar-refractivity contribution is -0.134. The van der Waals surface area contributed by atoms with Crippen molar-refractivity contribution in [1.29, 1.82) is 0 Å². The molecule has 5 N–H and O–H groups in total. The smallest absolute Gasteiger partial charge is 0.218 e. The van der Waals surface area contributed by atoms with E-state index >= 15 is 0 Å². The SMILES string of the molecule is CC.CCC.OCC(O)C1OC(O)C(O)=C1O. The molecule has 0 aromatic rings. The first-order valence-corrected chi connectivity index (χ1v) is 5.73. The summed E-state index contributed by atoms with van der Waals surface area (Å²) >= 11 is 0. The Balaban J connectivity index is 0. The molecule has 1 aliphatic heterocycles. The zero-order chi connectivity index (χ0) is 14.0. The maximum absolute atomic E-state index is 9.00. The van der Waals surface area contributed by atoms with Crippen LogP contribution in [0.2, 0.25) is 0 Å². The molecule has 0 radical (unpaired) electrons. The average Bonchev–Trinajstić information content (AvgIpc) is 2.60. The van der Waals surface area contributed by atoms with Gasteiger partial charge in [-0.2, -0.15) is 0 Å². The Morgan fingerprint density at radius 1 is 1.18 bits per heavy atom. The highest BCUT2D eigenvalue weighted by atomic mass is 16.6. The lowest BCUT2D eigenvalue weighted by Crippen LogP contribution is -2.32. The highest BCUT2D eigenvalue weighted by Gasteiger charge is 2.37. The fourth-order valence-electron chi connectivity index (χ4n) is 0.909. The quantitative estimate of drug-likeness (QED) is 0.498. The minimum Gasteiger partial charge on any atom is -0.506 e. The number of aliphatic hydroxyl groups is 5. The number of hydrogen-bond donors (Lipinski definition) is 5. The predicted molar refractivity (Wildman–Crippen MR) is 63.6 cm³/mol. The van der Waals surface area contributed by atoms with Crippen molar-refractivity contribution in [3.05, 3.63) is 11.5 Å². The Kier molecular flexibility index (Phi) is 11.3. The molecule has 0 spiro atoms. The van der Waals surface area contributed by atoms with E-state index in [4.69, 9.17) is 25.5 Å². The van der Waals surface area contributed by atoms with Gasteiger partial charge in [-0.05, 0) is 0 Å². The Bertz CT molecular complexity index is 216. The van der Waals surface area contributed by atoms with Crippen molar-refractivity contribution >= 4 is 0 Å². The second-order valence-electron chi connectivity index (χ2n) is 3.14. The van der Waals surface area contributed by atoms with Gasteiger partial charge in [0.15, 0.2) is 11.5 Å². The standard InChI is InChI=1S/C6H10O6.C3H8.C2H6/c7-1-2(8)5-3(9)4(10)6(11)12-5;1-3-2;1-2/h2,5-11H,1H2;3H2,1-2H3;1-2H3. The molecule has 1 heterocycles. The van der Waals surface area contributed by atoms with E-state index in [0.29, 0.717) is 0 Å². The fourth-order valence-corrected chi connectivity index (χ4v) is 0.909. The van der Waals surface area contributed by atoms with Crippen LogP contribution in [0.15, 0.2) is 11.5 Å². The van der Waals surface area contributed by atoms with Crippen LogP contribution in [0.1, 0.15) is 34.1 Å². The van der Waals surface area contributed by atoms with E-state index in [0.717, 1.165) is 0 Å². The number of rotatable bonds is 2. The van der Waals surface area contributed by atoms with Crippen molar-refractivity contribution in [2.75, 3.05) is 6.61 Å². The number of ether oxygens (including phenoxy) is 1. The molecule has 1 rings (SSSR count). The van der Waals surface area contributed by atoms with E-state index in [2.05, 4.69) is 18.6 Å². The molecule has 0 saturated carbocycles. The van der Waals surface area contributed by atoms with Gasteiger partial charge in [-0.15, -0.1) is 0 Å². The molecule has 6 heteroatoms. The summed E-state index contributed by atoms with van der Waals surface area (Å²) in [5.74, 6) is -1.38. The Morgan fingerprint density at radius 2 is 1.59 bits per heavy atom. The summed E-state index contributed by atoms with van der Waals surface area (Å²) in [7, 11) is 0. The maximum atomic E-state index is 9.00. The lowest BCUT2D eigenvalue weighted by Gasteiger charge is -2.15. The Hall–Kier alpha value is -0.820. The molecule has 0 aliphatic carbocycles. The van der Waals surface area contributed by atoms with Crippen LogP contribution in [0.4, 0.5) is 0 Å². The van der Waals surface area contributed by atoms with Crippen LogP contribution in [0.3, 0.4) is 0 Å². The van der Waals surface area contributed by atoms with E-state index in [-0.39, 0.29) is 0 Å². The van der Waals surface area contributed by atoms with Crippen molar-refractivity contribution in [2.24, 2.45) is 0 Å². The van der Waals surface area contributed by atoms with E-state index < -0.39 is 36.6 Å². The van der Waals surface area contributed by atoms with Gasteiger partial charge in [-0.3, -0.25) is 0 Å². The third kappa shape index (κ3) is 5.88. The summed E-state index contributed by atoms with van der Waals surface area (Å²) < 4.78 is 4.51. The number of hydrogen-bond acceptors (Lipinski definition) is 6. The monoisotopic (exact) mass is 252 g/mol. The average molecular weight is 252 g/mol. The number of aliphatic hydroxyl groups excluding tert-OH is 5. The highest BCUT2D eigenvalue weighted by Crippen LogP contribution is 2.24. The molecule has 104 valence electrons. The molecule has 3 atom stereocenters. The summed E-state index contributed by atoms with van der Waals surface area (Å²) in [6.07, 6.45) is -2.99. The van der Waals surface area contributed by atoms with Crippen LogP contribution in [0.25, 0.3) is 0 Å². The molecule has 0 amide bonds. The van der Waals surface area contributed by atoms with E-state index in [1.54, 1.807) is 0 Å². The molecule has 17 heavy (non-hydrogen) atoms. The summed E-state index contributed by atoms with van der Waals surface area (Å²) in [6.45, 7) is 7.62. The van der Waals surface area contributed by atoms with Gasteiger partial charge in [0.1, 0.15) is 12.2 Å². The zero-order valence-corrected chi connectivity index (χ0v) is 10.8. The second kappa shape index (κ2) is 10.3. The van der Waals surface area contributed by atoms with Crippen LogP contribution >= 0.6 is 0 Å². The summed E-state index contributed by atoms with van der Waals surface area (Å²) in [5, 5.41) is 44.1. The molecule has 0 saturated heterocycles. The highest BCUT2D eigenvalue weighted by molar-refractivity contribution is 5.13. The van der Waals surface area contributed by atoms with Crippen LogP contribution in [0, 0.1) is 0 Å². The molecular weight excluding hydrogens is 228 g/mol. The largest absolute Gasteiger partial charge is 0.506 e. The fraction of sp³-hybridized carbons (Fsp3) is 0.818. The molecule has 0 aromatic heterocycles. The van der Waals surface area contributed by atoms with Gasteiger partial charge in [-0.1, -0.05) is 34.1 Å². The first-order chi connectivity index (χ1) is 7.99. The van der Waals surface area contributed by atoms with Gasteiger partial charge in [0.05, 0.1) is 6.61 Å². The molecule has 0 aromatic carbocycles. The normalized spacial score (nSPS) is 24.4. The maximum Gasteiger partial charge on any atom is 0.218 e. The molecule has 3 unspecified atom stereocenters. The summed E-state index contributed by atoms with van der Waals surface area (Å²) in [6, 6.07) is 0. The van der Waals surface area contributed by atoms with Gasteiger partial charge in [0.25, 0.3) is 0 Å². The minimum atomic E-state index is -1.63. The van der Waals surface area contributed by atoms with E-state index in [9.17, 15) is 0 Å². The van der Waals surface area contributed by atoms with E-state index in [1.807, 2.05) is 13.8 Å². The minimum absolute atomic E-state index is 0.630. The third-order valence-electron chi connectivity index (χ3n) is 1.58. The predicted octanol–water partition coefficient (Wildman–Crippen LogP) is 0.827. The van der Waals surface area contributed by atoms with Crippen LogP contribution in [-0.2, 0) is 4.74 Å². The third-order valence-corrected chi connectivity index (χ3v) is 1.58. The Labute approximate surface area is 102 Å². The first-order valence-electron chi connectivity index (χ1n) is 5.73. The van der Waals surface area contributed by atoms with Gasteiger partial charge >= 0.3 is 0 Å². The van der Waals surface area contributed by atoms with Gasteiger partial charge in [0, 0.05) is 0 Å². The molecule has 1 aliphatic rings. The van der Waals surface area contributed by atoms with Crippen molar-refractivity contribution < 1.29 is 30.3 Å². The van der Waals surface area contributed by atoms with Crippen LogP contribution < -0.4 is 0 Å². The molecule has 6 nitrogen and oxygen atoms in total. The molecular formula is C11H24O6. The zero-order valence-electron chi connectivity index (χ0n) is 10.8. The molecule has 0 bridgehead atoms. The molecule has 0 fully saturated rings. The van der Waals surface area contributed by atoms with Crippen molar-refractivity contribution in [1.82, 2.24) is 0 Å². The van der Waals surface area contributed by atoms with Gasteiger partial charge in [-0.25, -0.2) is 0 Å². The second-order valence-corrected chi connectivity index (χ2v) is 3.14. The summed E-state index contributed by atoms with van der Waals surface area (Å²) in [4.78, 5) is 0. The Morgan fingerprint density at radius 3 is 1.82 bits per heavy atom. The van der Waals surface area contributed by atoms with E-state index in [1.165, 1.54) is 6.42 Å². The topological polar surface area (TPSA) is 110 Å². The van der Waals surface area contributed by atoms with Crippen LogP contribution in [0.5, 0.6) is 0 Å². The lowest BCUT2D eigenvalue weighted by atomic mass is 10.2.